The van der Waals surface area contributed by atoms with Crippen LogP contribution in [0.1, 0.15) is 45.4 Å². The van der Waals surface area contributed by atoms with E-state index in [1.807, 2.05) is 4.90 Å². The van der Waals surface area contributed by atoms with Crippen molar-refractivity contribution in [2.75, 3.05) is 6.54 Å². The van der Waals surface area contributed by atoms with Gasteiger partial charge in [0.1, 0.15) is 0 Å². The van der Waals surface area contributed by atoms with Crippen molar-refractivity contribution in [2.45, 2.75) is 57.5 Å². The van der Waals surface area contributed by atoms with Gasteiger partial charge in [-0.2, -0.15) is 0 Å². The van der Waals surface area contributed by atoms with Crippen LogP contribution in [-0.2, 0) is 4.79 Å². The molecule has 2 N–H and O–H groups in total. The third-order valence-corrected chi connectivity index (χ3v) is 3.86. The molecule has 15 heavy (non-hydrogen) atoms. The van der Waals surface area contributed by atoms with E-state index < -0.39 is 0 Å². The Bertz CT molecular complexity index is 242. The normalized spacial score (nSPS) is 38.1. The predicted octanol–water partition coefficient (Wildman–Crippen LogP) is 1.51. The second kappa shape index (κ2) is 4.52. The van der Waals surface area contributed by atoms with Crippen LogP contribution in [0, 0.1) is 5.92 Å². The highest BCUT2D eigenvalue weighted by Gasteiger charge is 2.32. The van der Waals surface area contributed by atoms with Crippen molar-refractivity contribution < 1.29 is 4.79 Å². The molecule has 3 atom stereocenters. The minimum absolute atomic E-state index is 0.0816. The van der Waals surface area contributed by atoms with Gasteiger partial charge in [-0.25, -0.2) is 0 Å². The molecule has 0 aromatic heterocycles. The Balaban J connectivity index is 1.95. The molecule has 1 aliphatic carbocycles. The number of nitrogens with two attached hydrogens (primary N) is 1. The molecule has 3 unspecified atom stereocenters. The first-order valence-corrected chi connectivity index (χ1v) is 6.22. The standard InChI is InChI=1S/C12H22N2O/c1-9-3-2-4-11(6-5-9)14-8-10(13)7-12(14)15/h9-11H,2-8,13H2,1H3. The summed E-state index contributed by atoms with van der Waals surface area (Å²) in [7, 11) is 0. The average molecular weight is 210 g/mol. The molecular formula is C12H22N2O. The van der Waals surface area contributed by atoms with Gasteiger partial charge in [0.25, 0.3) is 0 Å². The van der Waals surface area contributed by atoms with Gasteiger partial charge in [0.05, 0.1) is 0 Å². The van der Waals surface area contributed by atoms with E-state index in [9.17, 15) is 4.79 Å². The van der Waals surface area contributed by atoms with Crippen molar-refractivity contribution in [1.82, 2.24) is 4.90 Å². The van der Waals surface area contributed by atoms with Crippen LogP contribution in [0.4, 0.5) is 0 Å². The number of carbonyl (C=O) groups is 1. The zero-order chi connectivity index (χ0) is 10.8. The SMILES string of the molecule is CC1CCCC(N2CC(N)CC2=O)CC1. The van der Waals surface area contributed by atoms with E-state index in [2.05, 4.69) is 6.92 Å². The van der Waals surface area contributed by atoms with Crippen LogP contribution < -0.4 is 5.73 Å². The molecular weight excluding hydrogens is 188 g/mol. The van der Waals surface area contributed by atoms with E-state index in [-0.39, 0.29) is 11.9 Å². The molecule has 0 bridgehead atoms. The van der Waals surface area contributed by atoms with Gasteiger partial charge in [-0.3, -0.25) is 4.79 Å². The second-order valence-corrected chi connectivity index (χ2v) is 5.28. The number of nitrogens with zero attached hydrogens (tertiary/aromatic N) is 1. The maximum Gasteiger partial charge on any atom is 0.224 e. The lowest BCUT2D eigenvalue weighted by atomic mass is 10.0. The molecule has 1 saturated heterocycles. The van der Waals surface area contributed by atoms with Crippen LogP contribution in [-0.4, -0.2) is 29.4 Å². The van der Waals surface area contributed by atoms with E-state index in [4.69, 9.17) is 5.73 Å². The van der Waals surface area contributed by atoms with Crippen molar-refractivity contribution in [3.05, 3.63) is 0 Å². The first-order valence-electron chi connectivity index (χ1n) is 6.22. The van der Waals surface area contributed by atoms with Gasteiger partial charge in [0.15, 0.2) is 0 Å². The largest absolute Gasteiger partial charge is 0.338 e. The quantitative estimate of drug-likeness (QED) is 0.667. The van der Waals surface area contributed by atoms with Gasteiger partial charge in [-0.05, 0) is 25.2 Å². The highest BCUT2D eigenvalue weighted by Crippen LogP contribution is 2.28. The first-order chi connectivity index (χ1) is 7.16. The summed E-state index contributed by atoms with van der Waals surface area (Å²) in [6.45, 7) is 3.11. The van der Waals surface area contributed by atoms with Gasteiger partial charge in [-0.1, -0.05) is 19.8 Å². The molecule has 3 heteroatoms. The third-order valence-electron chi connectivity index (χ3n) is 3.86. The molecule has 1 amide bonds. The predicted molar refractivity (Wildman–Crippen MR) is 60.3 cm³/mol. The number of likely N-dealkylation sites (tertiary alicyclic amines) is 1. The van der Waals surface area contributed by atoms with Gasteiger partial charge in [0, 0.05) is 25.0 Å². The summed E-state index contributed by atoms with van der Waals surface area (Å²) in [5.74, 6) is 1.11. The molecule has 1 heterocycles. The second-order valence-electron chi connectivity index (χ2n) is 5.28. The molecule has 0 aromatic rings. The summed E-state index contributed by atoms with van der Waals surface area (Å²) >= 11 is 0. The Morgan fingerprint density at radius 3 is 2.73 bits per heavy atom. The van der Waals surface area contributed by atoms with E-state index >= 15 is 0 Å². The number of amides is 1. The van der Waals surface area contributed by atoms with Crippen molar-refractivity contribution in [1.29, 1.82) is 0 Å². The van der Waals surface area contributed by atoms with Crippen LogP contribution in [0.3, 0.4) is 0 Å². The Kier molecular flexibility index (Phi) is 3.29. The topological polar surface area (TPSA) is 46.3 Å². The Morgan fingerprint density at radius 1 is 1.27 bits per heavy atom. The van der Waals surface area contributed by atoms with Crippen molar-refractivity contribution in [2.24, 2.45) is 11.7 Å². The van der Waals surface area contributed by atoms with E-state index in [1.165, 1.54) is 32.1 Å². The molecule has 0 radical (unpaired) electrons. The van der Waals surface area contributed by atoms with Crippen LogP contribution >= 0.6 is 0 Å². The highest BCUT2D eigenvalue weighted by atomic mass is 16.2. The zero-order valence-corrected chi connectivity index (χ0v) is 9.61. The highest BCUT2D eigenvalue weighted by molar-refractivity contribution is 5.79. The molecule has 2 aliphatic rings. The monoisotopic (exact) mass is 210 g/mol. The number of hydrogen-bond acceptors (Lipinski definition) is 2. The van der Waals surface area contributed by atoms with E-state index in [0.717, 1.165) is 12.5 Å². The molecule has 3 nitrogen and oxygen atoms in total. The fourth-order valence-corrected chi connectivity index (χ4v) is 2.89. The Hall–Kier alpha value is -0.570. The summed E-state index contributed by atoms with van der Waals surface area (Å²) < 4.78 is 0. The molecule has 1 aliphatic heterocycles. The van der Waals surface area contributed by atoms with E-state index in [0.29, 0.717) is 12.5 Å². The number of hydrogen-bond donors (Lipinski definition) is 1. The molecule has 1 saturated carbocycles. The van der Waals surface area contributed by atoms with Crippen LogP contribution in [0.5, 0.6) is 0 Å². The van der Waals surface area contributed by atoms with Gasteiger partial charge in [-0.15, -0.1) is 0 Å². The Labute approximate surface area is 92.0 Å². The van der Waals surface area contributed by atoms with Crippen molar-refractivity contribution in [3.8, 4) is 0 Å². The summed E-state index contributed by atoms with van der Waals surface area (Å²) in [4.78, 5) is 13.8. The zero-order valence-electron chi connectivity index (χ0n) is 9.61. The molecule has 86 valence electrons. The number of rotatable bonds is 1. The summed E-state index contributed by atoms with van der Waals surface area (Å²) in [6, 6.07) is 0.564. The summed E-state index contributed by atoms with van der Waals surface area (Å²) in [5, 5.41) is 0. The maximum atomic E-state index is 11.7. The van der Waals surface area contributed by atoms with Crippen LogP contribution in [0.15, 0.2) is 0 Å². The Morgan fingerprint density at radius 2 is 2.07 bits per heavy atom. The smallest absolute Gasteiger partial charge is 0.224 e. The lowest BCUT2D eigenvalue weighted by Crippen LogP contribution is -2.37. The fourth-order valence-electron chi connectivity index (χ4n) is 2.89. The first kappa shape index (κ1) is 10.9. The van der Waals surface area contributed by atoms with Crippen molar-refractivity contribution in [3.63, 3.8) is 0 Å². The fraction of sp³-hybridized carbons (Fsp3) is 0.917. The molecule has 2 rings (SSSR count). The molecule has 0 spiro atoms. The average Bonchev–Trinajstić information content (AvgIpc) is 2.39. The van der Waals surface area contributed by atoms with Crippen LogP contribution in [0.25, 0.3) is 0 Å². The number of carbonyl (C=O) groups excluding carboxylic acids is 1. The lowest BCUT2D eigenvalue weighted by molar-refractivity contribution is -0.129. The summed E-state index contributed by atoms with van der Waals surface area (Å²) in [6.07, 6.45) is 6.79. The minimum atomic E-state index is 0.0816. The van der Waals surface area contributed by atoms with Gasteiger partial charge in [0.2, 0.25) is 5.91 Å². The van der Waals surface area contributed by atoms with Gasteiger partial charge < -0.3 is 10.6 Å². The van der Waals surface area contributed by atoms with Crippen LogP contribution in [0.2, 0.25) is 0 Å². The minimum Gasteiger partial charge on any atom is -0.338 e. The molecule has 0 aromatic carbocycles. The third kappa shape index (κ3) is 2.51. The van der Waals surface area contributed by atoms with E-state index in [1.54, 1.807) is 0 Å². The van der Waals surface area contributed by atoms with Crippen molar-refractivity contribution >= 4 is 5.91 Å². The van der Waals surface area contributed by atoms with Gasteiger partial charge >= 0.3 is 0 Å². The summed E-state index contributed by atoms with van der Waals surface area (Å²) in [5.41, 5.74) is 5.83. The maximum absolute atomic E-state index is 11.7. The molecule has 2 fully saturated rings. The lowest BCUT2D eigenvalue weighted by Gasteiger charge is -2.26.